The number of carbonyl (C=O) groups is 1. The van der Waals surface area contributed by atoms with E-state index in [1.54, 1.807) is 18.4 Å². The maximum absolute atomic E-state index is 11.7. The third kappa shape index (κ3) is 5.27. The van der Waals surface area contributed by atoms with E-state index in [4.69, 9.17) is 13.9 Å². The average Bonchev–Trinajstić information content (AvgIpc) is 3.16. The zero-order valence-electron chi connectivity index (χ0n) is 14.7. The zero-order valence-corrected chi connectivity index (χ0v) is 14.7. The number of nitrogens with one attached hydrogen (secondary N) is 2. The second kappa shape index (κ2) is 9.36. The van der Waals surface area contributed by atoms with Crippen LogP contribution < -0.4 is 15.4 Å². The summed E-state index contributed by atoms with van der Waals surface area (Å²) in [6, 6.07) is 9.03. The van der Waals surface area contributed by atoms with Gasteiger partial charge in [0.1, 0.15) is 17.1 Å². The molecule has 0 amide bonds. The zero-order chi connectivity index (χ0) is 18.1. The molecule has 0 saturated carbocycles. The van der Waals surface area contributed by atoms with Gasteiger partial charge in [-0.3, -0.25) is 0 Å². The van der Waals surface area contributed by atoms with Crippen molar-refractivity contribution >= 4 is 11.9 Å². The molecule has 0 unspecified atom stereocenters. The van der Waals surface area contributed by atoms with Crippen LogP contribution in [0.25, 0.3) is 0 Å². The van der Waals surface area contributed by atoms with Crippen LogP contribution in [0.4, 0.5) is 0 Å². The smallest absolute Gasteiger partial charge is 0.341 e. The lowest BCUT2D eigenvalue weighted by molar-refractivity contribution is 0.0597. The van der Waals surface area contributed by atoms with E-state index in [-0.39, 0.29) is 0 Å². The summed E-state index contributed by atoms with van der Waals surface area (Å²) in [4.78, 5) is 16.2. The summed E-state index contributed by atoms with van der Waals surface area (Å²) in [5.74, 6) is 1.54. The van der Waals surface area contributed by atoms with Crippen molar-refractivity contribution in [1.82, 2.24) is 10.6 Å². The van der Waals surface area contributed by atoms with Gasteiger partial charge in [0.05, 0.1) is 33.6 Å². The molecule has 1 aromatic carbocycles. The Morgan fingerprint density at radius 3 is 2.72 bits per heavy atom. The van der Waals surface area contributed by atoms with E-state index in [0.717, 1.165) is 17.9 Å². The molecule has 7 nitrogen and oxygen atoms in total. The molecule has 2 aromatic rings. The first-order valence-electron chi connectivity index (χ1n) is 7.97. The summed E-state index contributed by atoms with van der Waals surface area (Å²) in [6.45, 7) is 3.72. The molecule has 0 radical (unpaired) electrons. The van der Waals surface area contributed by atoms with E-state index in [0.29, 0.717) is 30.4 Å². The van der Waals surface area contributed by atoms with Gasteiger partial charge in [0.25, 0.3) is 0 Å². The minimum Gasteiger partial charge on any atom is -0.496 e. The fourth-order valence-electron chi connectivity index (χ4n) is 2.21. The maximum atomic E-state index is 11.7. The summed E-state index contributed by atoms with van der Waals surface area (Å²) in [6.07, 6.45) is 1.64. The molecule has 134 valence electrons. The van der Waals surface area contributed by atoms with Crippen LogP contribution in [0.15, 0.2) is 46.0 Å². The number of nitrogens with zero attached hydrogens (tertiary/aromatic N) is 1. The maximum Gasteiger partial charge on any atom is 0.341 e. The molecular weight excluding hydrogens is 322 g/mol. The summed E-state index contributed by atoms with van der Waals surface area (Å²) >= 11 is 0. The number of hydrogen-bond acceptors (Lipinski definition) is 5. The Labute approximate surface area is 147 Å². The van der Waals surface area contributed by atoms with Gasteiger partial charge in [0.15, 0.2) is 5.96 Å². The Kier molecular flexibility index (Phi) is 6.88. The number of aliphatic imine (C=N–C) groups is 1. The highest BCUT2D eigenvalue weighted by Gasteiger charge is 2.13. The fraction of sp³-hybridized carbons (Fsp3) is 0.333. The lowest BCUT2D eigenvalue weighted by Gasteiger charge is -2.11. The molecule has 0 bridgehead atoms. The second-order valence-electron chi connectivity index (χ2n) is 5.15. The summed E-state index contributed by atoms with van der Waals surface area (Å²) in [5.41, 5.74) is 1.31. The van der Waals surface area contributed by atoms with Crippen molar-refractivity contribution in [2.45, 2.75) is 20.0 Å². The highest BCUT2D eigenvalue weighted by Crippen LogP contribution is 2.21. The van der Waals surface area contributed by atoms with Crippen molar-refractivity contribution in [2.75, 3.05) is 20.8 Å². The molecule has 0 aliphatic carbocycles. The molecule has 0 fully saturated rings. The average molecular weight is 345 g/mol. The van der Waals surface area contributed by atoms with Crippen LogP contribution in [-0.4, -0.2) is 32.7 Å². The van der Waals surface area contributed by atoms with Crippen molar-refractivity contribution in [3.8, 4) is 5.75 Å². The van der Waals surface area contributed by atoms with E-state index < -0.39 is 5.97 Å². The second-order valence-corrected chi connectivity index (χ2v) is 5.15. The third-order valence-corrected chi connectivity index (χ3v) is 3.45. The van der Waals surface area contributed by atoms with E-state index in [1.807, 2.05) is 25.1 Å². The normalized spacial score (nSPS) is 11.1. The Balaban J connectivity index is 2.06. The molecule has 2 rings (SSSR count). The number of hydrogen-bond donors (Lipinski definition) is 2. The van der Waals surface area contributed by atoms with Crippen molar-refractivity contribution in [3.63, 3.8) is 0 Å². The Hall–Kier alpha value is -2.96. The molecule has 0 aliphatic heterocycles. The van der Waals surface area contributed by atoms with E-state index >= 15 is 0 Å². The standard InChI is InChI=1S/C18H23N3O4/c1-4-19-18(21-12-14-6-5-9-25-14)20-11-13-7-8-15(17(22)24-3)16(10-13)23-2/h5-10H,4,11-12H2,1-3H3,(H2,19,20,21). The molecule has 0 aliphatic rings. The first-order valence-corrected chi connectivity index (χ1v) is 7.97. The molecule has 0 saturated heterocycles. The van der Waals surface area contributed by atoms with Gasteiger partial charge in [0.2, 0.25) is 0 Å². The molecule has 7 heteroatoms. The molecular formula is C18H23N3O4. The van der Waals surface area contributed by atoms with Crippen LogP contribution in [0.5, 0.6) is 5.75 Å². The number of benzene rings is 1. The van der Waals surface area contributed by atoms with E-state index in [1.165, 1.54) is 14.2 Å². The van der Waals surface area contributed by atoms with Gasteiger partial charge in [-0.1, -0.05) is 6.07 Å². The van der Waals surface area contributed by atoms with Crippen LogP contribution in [0, 0.1) is 0 Å². The van der Waals surface area contributed by atoms with E-state index in [2.05, 4.69) is 15.6 Å². The summed E-state index contributed by atoms with van der Waals surface area (Å²) in [5, 5.41) is 6.37. The van der Waals surface area contributed by atoms with Gasteiger partial charge >= 0.3 is 5.97 Å². The monoisotopic (exact) mass is 345 g/mol. The molecule has 25 heavy (non-hydrogen) atoms. The van der Waals surface area contributed by atoms with Crippen molar-refractivity contribution in [3.05, 3.63) is 53.5 Å². The van der Waals surface area contributed by atoms with Gasteiger partial charge in [-0.15, -0.1) is 0 Å². The summed E-state index contributed by atoms with van der Waals surface area (Å²) < 4.78 is 15.3. The van der Waals surface area contributed by atoms with Crippen molar-refractivity contribution < 1.29 is 18.7 Å². The van der Waals surface area contributed by atoms with Crippen LogP contribution in [-0.2, 0) is 17.8 Å². The quantitative estimate of drug-likeness (QED) is 0.455. The van der Waals surface area contributed by atoms with Gasteiger partial charge in [0, 0.05) is 6.54 Å². The van der Waals surface area contributed by atoms with Crippen LogP contribution >= 0.6 is 0 Å². The Morgan fingerprint density at radius 1 is 1.24 bits per heavy atom. The van der Waals surface area contributed by atoms with Crippen molar-refractivity contribution in [1.29, 1.82) is 0 Å². The summed E-state index contributed by atoms with van der Waals surface area (Å²) in [7, 11) is 2.86. The highest BCUT2D eigenvalue weighted by atomic mass is 16.5. The third-order valence-electron chi connectivity index (χ3n) is 3.45. The highest BCUT2D eigenvalue weighted by molar-refractivity contribution is 5.92. The number of methoxy groups -OCH3 is 2. The number of esters is 1. The predicted molar refractivity (Wildman–Crippen MR) is 94.7 cm³/mol. The molecule has 0 spiro atoms. The minimum atomic E-state index is -0.430. The number of rotatable bonds is 7. The van der Waals surface area contributed by atoms with Gasteiger partial charge < -0.3 is 24.5 Å². The van der Waals surface area contributed by atoms with Crippen LogP contribution in [0.2, 0.25) is 0 Å². The first-order chi connectivity index (χ1) is 12.2. The topological polar surface area (TPSA) is 85.1 Å². The fourth-order valence-corrected chi connectivity index (χ4v) is 2.21. The van der Waals surface area contributed by atoms with Gasteiger partial charge in [-0.2, -0.15) is 0 Å². The van der Waals surface area contributed by atoms with Crippen molar-refractivity contribution in [2.24, 2.45) is 4.99 Å². The largest absolute Gasteiger partial charge is 0.496 e. The van der Waals surface area contributed by atoms with Gasteiger partial charge in [-0.05, 0) is 36.8 Å². The lowest BCUT2D eigenvalue weighted by atomic mass is 10.1. The SMILES string of the molecule is CCNC(=NCc1ccc(C(=O)OC)c(OC)c1)NCc1ccco1. The number of carbonyl (C=O) groups excluding carboxylic acids is 1. The Morgan fingerprint density at radius 2 is 2.08 bits per heavy atom. The molecule has 2 N–H and O–H groups in total. The molecule has 0 atom stereocenters. The van der Waals surface area contributed by atoms with Gasteiger partial charge in [-0.25, -0.2) is 9.79 Å². The Bertz CT molecular complexity index is 711. The lowest BCUT2D eigenvalue weighted by Crippen LogP contribution is -2.36. The first kappa shape index (κ1) is 18.4. The predicted octanol–water partition coefficient (Wildman–Crippen LogP) is 2.33. The van der Waals surface area contributed by atoms with Crippen LogP contribution in [0.3, 0.4) is 0 Å². The number of furan rings is 1. The minimum absolute atomic E-state index is 0.389. The molecule has 1 aromatic heterocycles. The van der Waals surface area contributed by atoms with Crippen LogP contribution in [0.1, 0.15) is 28.6 Å². The van der Waals surface area contributed by atoms with E-state index in [9.17, 15) is 4.79 Å². The molecule has 1 heterocycles. The number of ether oxygens (including phenoxy) is 2. The number of guanidine groups is 1.